The predicted octanol–water partition coefficient (Wildman–Crippen LogP) is 4.15. The zero-order valence-electron chi connectivity index (χ0n) is 13.3. The van der Waals surface area contributed by atoms with Crippen molar-refractivity contribution in [2.75, 3.05) is 13.1 Å². The van der Waals surface area contributed by atoms with Crippen molar-refractivity contribution in [3.63, 3.8) is 0 Å². The summed E-state index contributed by atoms with van der Waals surface area (Å²) in [6, 6.07) is 7.20. The van der Waals surface area contributed by atoms with Gasteiger partial charge in [-0.15, -0.1) is 0 Å². The van der Waals surface area contributed by atoms with Gasteiger partial charge in [0.25, 0.3) is 0 Å². The van der Waals surface area contributed by atoms with Crippen LogP contribution >= 0.6 is 0 Å². The van der Waals surface area contributed by atoms with Crippen molar-refractivity contribution in [3.05, 3.63) is 35.6 Å². The fourth-order valence-electron chi connectivity index (χ4n) is 3.35. The van der Waals surface area contributed by atoms with Gasteiger partial charge < -0.3 is 10.0 Å². The van der Waals surface area contributed by atoms with Crippen molar-refractivity contribution >= 4 is 0 Å². The second-order valence-electron chi connectivity index (χ2n) is 6.65. The maximum Gasteiger partial charge on any atom is 0.128 e. The Labute approximate surface area is 128 Å². The third-order valence-electron chi connectivity index (χ3n) is 4.39. The van der Waals surface area contributed by atoms with Crippen LogP contribution in [0.2, 0.25) is 0 Å². The Bertz CT molecular complexity index is 429. The van der Waals surface area contributed by atoms with E-state index in [1.54, 1.807) is 18.2 Å². The molecule has 0 aliphatic heterocycles. The molecule has 1 aliphatic carbocycles. The summed E-state index contributed by atoms with van der Waals surface area (Å²) in [6.45, 7) is 6.37. The molecule has 1 atom stereocenters. The van der Waals surface area contributed by atoms with E-state index in [1.165, 1.54) is 31.7 Å². The van der Waals surface area contributed by atoms with Gasteiger partial charge in [0.15, 0.2) is 0 Å². The number of benzene rings is 1. The third-order valence-corrected chi connectivity index (χ3v) is 4.39. The highest BCUT2D eigenvalue weighted by atomic mass is 19.1. The van der Waals surface area contributed by atoms with Gasteiger partial charge in [0, 0.05) is 24.7 Å². The van der Waals surface area contributed by atoms with Crippen LogP contribution in [0.15, 0.2) is 24.3 Å². The Kier molecular flexibility index (Phi) is 6.19. The van der Waals surface area contributed by atoms with Crippen molar-refractivity contribution in [2.45, 2.75) is 58.1 Å². The summed E-state index contributed by atoms with van der Waals surface area (Å²) in [7, 11) is 0. The molecule has 0 heterocycles. The third kappa shape index (κ3) is 4.79. The van der Waals surface area contributed by atoms with Crippen molar-refractivity contribution in [2.24, 2.45) is 5.92 Å². The minimum atomic E-state index is -0.706. The lowest BCUT2D eigenvalue weighted by molar-refractivity contribution is 0.114. The average Bonchev–Trinajstić information content (AvgIpc) is 2.97. The van der Waals surface area contributed by atoms with Crippen molar-refractivity contribution in [1.82, 2.24) is 4.90 Å². The normalized spacial score (nSPS) is 17.8. The fourth-order valence-corrected chi connectivity index (χ4v) is 3.35. The Morgan fingerprint density at radius 1 is 1.24 bits per heavy atom. The summed E-state index contributed by atoms with van der Waals surface area (Å²) in [4.78, 5) is 2.50. The summed E-state index contributed by atoms with van der Waals surface area (Å²) in [5.74, 6) is 0.317. The number of rotatable bonds is 7. The van der Waals surface area contributed by atoms with Crippen molar-refractivity contribution in [3.8, 4) is 0 Å². The second-order valence-corrected chi connectivity index (χ2v) is 6.65. The van der Waals surface area contributed by atoms with Crippen LogP contribution in [-0.2, 0) is 0 Å². The molecule has 1 aliphatic rings. The molecule has 1 fully saturated rings. The molecule has 2 nitrogen and oxygen atoms in total. The van der Waals surface area contributed by atoms with Crippen LogP contribution in [0.4, 0.5) is 4.39 Å². The first kappa shape index (κ1) is 16.4. The minimum Gasteiger partial charge on any atom is -0.388 e. The Hall–Kier alpha value is -0.930. The lowest BCUT2D eigenvalue weighted by atomic mass is 10.0. The number of aliphatic hydroxyl groups is 1. The molecule has 0 radical (unpaired) electrons. The standard InChI is InChI=1S/C18H28FNO/c1-14(2)13-20(15-7-3-4-8-15)12-11-18(21)16-9-5-6-10-17(16)19/h5-6,9-10,14-15,18,21H,3-4,7-8,11-13H2,1-2H3. The molecular formula is C18H28FNO. The lowest BCUT2D eigenvalue weighted by Gasteiger charge is -2.31. The van der Waals surface area contributed by atoms with Crippen LogP contribution < -0.4 is 0 Å². The maximum atomic E-state index is 13.7. The Morgan fingerprint density at radius 3 is 2.52 bits per heavy atom. The average molecular weight is 293 g/mol. The first-order valence-corrected chi connectivity index (χ1v) is 8.24. The van der Waals surface area contributed by atoms with E-state index >= 15 is 0 Å². The van der Waals surface area contributed by atoms with E-state index in [9.17, 15) is 9.50 Å². The van der Waals surface area contributed by atoms with E-state index in [0.29, 0.717) is 23.9 Å². The van der Waals surface area contributed by atoms with Gasteiger partial charge in [-0.1, -0.05) is 44.9 Å². The Balaban J connectivity index is 1.92. The lowest BCUT2D eigenvalue weighted by Crippen LogP contribution is -2.37. The zero-order chi connectivity index (χ0) is 15.2. The monoisotopic (exact) mass is 293 g/mol. The SMILES string of the molecule is CC(C)CN(CCC(O)c1ccccc1F)C1CCCC1. The number of hydrogen-bond acceptors (Lipinski definition) is 2. The molecule has 2 rings (SSSR count). The highest BCUT2D eigenvalue weighted by molar-refractivity contribution is 5.19. The van der Waals surface area contributed by atoms with Crippen LogP contribution in [0.3, 0.4) is 0 Å². The summed E-state index contributed by atoms with van der Waals surface area (Å²) < 4.78 is 13.7. The van der Waals surface area contributed by atoms with E-state index in [1.807, 2.05) is 0 Å². The van der Waals surface area contributed by atoms with Gasteiger partial charge in [0.1, 0.15) is 5.82 Å². The molecule has 1 N–H and O–H groups in total. The summed E-state index contributed by atoms with van der Waals surface area (Å²) >= 11 is 0. The van der Waals surface area contributed by atoms with Gasteiger partial charge in [0.05, 0.1) is 6.10 Å². The second kappa shape index (κ2) is 7.90. The number of aliphatic hydroxyl groups excluding tert-OH is 1. The molecule has 1 saturated carbocycles. The number of nitrogens with zero attached hydrogens (tertiary/aromatic N) is 1. The van der Waals surface area contributed by atoms with Gasteiger partial charge in [-0.3, -0.25) is 0 Å². The largest absolute Gasteiger partial charge is 0.388 e. The molecule has 21 heavy (non-hydrogen) atoms. The smallest absolute Gasteiger partial charge is 0.128 e. The van der Waals surface area contributed by atoms with Crippen LogP contribution in [0.1, 0.15) is 57.6 Å². The van der Waals surface area contributed by atoms with Crippen LogP contribution in [0.5, 0.6) is 0 Å². The number of hydrogen-bond donors (Lipinski definition) is 1. The molecule has 0 amide bonds. The van der Waals surface area contributed by atoms with E-state index < -0.39 is 6.10 Å². The fraction of sp³-hybridized carbons (Fsp3) is 0.667. The molecule has 0 bridgehead atoms. The zero-order valence-corrected chi connectivity index (χ0v) is 13.3. The molecular weight excluding hydrogens is 265 g/mol. The predicted molar refractivity (Wildman–Crippen MR) is 84.6 cm³/mol. The highest BCUT2D eigenvalue weighted by Crippen LogP contribution is 2.26. The highest BCUT2D eigenvalue weighted by Gasteiger charge is 2.24. The van der Waals surface area contributed by atoms with Gasteiger partial charge in [-0.2, -0.15) is 0 Å². The van der Waals surface area contributed by atoms with Crippen molar-refractivity contribution < 1.29 is 9.50 Å². The minimum absolute atomic E-state index is 0.304. The maximum absolute atomic E-state index is 13.7. The quantitative estimate of drug-likeness (QED) is 0.816. The molecule has 118 valence electrons. The van der Waals surface area contributed by atoms with Gasteiger partial charge in [-0.25, -0.2) is 4.39 Å². The molecule has 0 aromatic heterocycles. The van der Waals surface area contributed by atoms with Crippen LogP contribution in [0, 0.1) is 11.7 Å². The molecule has 3 heteroatoms. The topological polar surface area (TPSA) is 23.5 Å². The molecule has 0 saturated heterocycles. The Morgan fingerprint density at radius 2 is 1.90 bits per heavy atom. The van der Waals surface area contributed by atoms with E-state index in [4.69, 9.17) is 0 Å². The van der Waals surface area contributed by atoms with E-state index in [2.05, 4.69) is 18.7 Å². The summed E-state index contributed by atoms with van der Waals surface area (Å²) in [6.07, 6.45) is 5.06. The summed E-state index contributed by atoms with van der Waals surface area (Å²) in [5.41, 5.74) is 0.424. The van der Waals surface area contributed by atoms with Crippen LogP contribution in [-0.4, -0.2) is 29.1 Å². The van der Waals surface area contributed by atoms with E-state index in [-0.39, 0.29) is 5.82 Å². The first-order chi connectivity index (χ1) is 10.1. The van der Waals surface area contributed by atoms with Crippen LogP contribution in [0.25, 0.3) is 0 Å². The summed E-state index contributed by atoms with van der Waals surface area (Å²) in [5, 5.41) is 10.3. The molecule has 0 spiro atoms. The van der Waals surface area contributed by atoms with Gasteiger partial charge >= 0.3 is 0 Å². The molecule has 1 unspecified atom stereocenters. The molecule has 1 aromatic carbocycles. The van der Waals surface area contributed by atoms with Gasteiger partial charge in [0.2, 0.25) is 0 Å². The van der Waals surface area contributed by atoms with Crippen molar-refractivity contribution in [1.29, 1.82) is 0 Å². The number of halogens is 1. The van der Waals surface area contributed by atoms with Gasteiger partial charge in [-0.05, 0) is 31.2 Å². The van der Waals surface area contributed by atoms with E-state index in [0.717, 1.165) is 13.1 Å². The first-order valence-electron chi connectivity index (χ1n) is 8.24. The molecule has 1 aromatic rings.